The molecule has 8 heteroatoms. The molecule has 1 aromatic carbocycles. The Labute approximate surface area is 180 Å². The number of methoxy groups -OCH3 is 1. The Morgan fingerprint density at radius 2 is 2.10 bits per heavy atom. The standard InChI is InChI=1S/C22H25N5O2S/c1-29-20-10-9-19(25-26-20)27-13-5-8-17(14-27)22(28)23-12-11-21-24-18(15-30-21)16-6-3-2-4-7-16/h2-4,6-7,9-10,15,17H,5,8,11-14H2,1H3,(H,23,28)/t17-/m0/s1. The van der Waals surface area contributed by atoms with E-state index in [1.165, 1.54) is 0 Å². The maximum Gasteiger partial charge on any atom is 0.233 e. The lowest BCUT2D eigenvalue weighted by Gasteiger charge is -2.32. The molecule has 1 amide bonds. The van der Waals surface area contributed by atoms with Crippen molar-refractivity contribution in [1.29, 1.82) is 0 Å². The zero-order valence-corrected chi connectivity index (χ0v) is 17.8. The number of hydrogen-bond donors (Lipinski definition) is 1. The number of thiazole rings is 1. The molecule has 1 atom stereocenters. The van der Waals surface area contributed by atoms with Crippen LogP contribution in [0.5, 0.6) is 5.88 Å². The summed E-state index contributed by atoms with van der Waals surface area (Å²) in [6, 6.07) is 13.8. The van der Waals surface area contributed by atoms with Crippen LogP contribution < -0.4 is 15.0 Å². The van der Waals surface area contributed by atoms with E-state index < -0.39 is 0 Å². The molecule has 1 fully saturated rings. The summed E-state index contributed by atoms with van der Waals surface area (Å²) in [7, 11) is 1.57. The second-order valence-electron chi connectivity index (χ2n) is 7.25. The van der Waals surface area contributed by atoms with Gasteiger partial charge in [0, 0.05) is 43.1 Å². The molecule has 1 aliphatic rings. The predicted molar refractivity (Wildman–Crippen MR) is 118 cm³/mol. The first kappa shape index (κ1) is 20.3. The quantitative estimate of drug-likeness (QED) is 0.629. The zero-order chi connectivity index (χ0) is 20.8. The monoisotopic (exact) mass is 423 g/mol. The van der Waals surface area contributed by atoms with Gasteiger partial charge in [-0.1, -0.05) is 30.3 Å². The summed E-state index contributed by atoms with van der Waals surface area (Å²) in [4.78, 5) is 19.5. The summed E-state index contributed by atoms with van der Waals surface area (Å²) in [5.74, 6) is 1.33. The molecule has 30 heavy (non-hydrogen) atoms. The van der Waals surface area contributed by atoms with Crippen LogP contribution in [0.15, 0.2) is 47.8 Å². The van der Waals surface area contributed by atoms with E-state index in [1.807, 2.05) is 24.3 Å². The van der Waals surface area contributed by atoms with Gasteiger partial charge in [-0.25, -0.2) is 4.98 Å². The highest BCUT2D eigenvalue weighted by Crippen LogP contribution is 2.23. The third-order valence-electron chi connectivity index (χ3n) is 5.21. The first-order valence-electron chi connectivity index (χ1n) is 10.1. The molecule has 2 aromatic heterocycles. The Morgan fingerprint density at radius 1 is 1.23 bits per heavy atom. The van der Waals surface area contributed by atoms with Gasteiger partial charge in [0.25, 0.3) is 0 Å². The second-order valence-corrected chi connectivity index (χ2v) is 8.20. The van der Waals surface area contributed by atoms with Gasteiger partial charge in [-0.3, -0.25) is 4.79 Å². The number of nitrogens with one attached hydrogen (secondary N) is 1. The normalized spacial score (nSPS) is 16.3. The minimum absolute atomic E-state index is 0.0428. The van der Waals surface area contributed by atoms with E-state index in [4.69, 9.17) is 4.74 Å². The molecule has 0 aliphatic carbocycles. The highest BCUT2D eigenvalue weighted by molar-refractivity contribution is 7.09. The number of anilines is 1. The van der Waals surface area contributed by atoms with E-state index in [0.717, 1.165) is 47.9 Å². The van der Waals surface area contributed by atoms with Crippen LogP contribution in [0, 0.1) is 5.92 Å². The Bertz CT molecular complexity index is 961. The fraction of sp³-hybridized carbons (Fsp3) is 0.364. The van der Waals surface area contributed by atoms with Crippen LogP contribution in [-0.4, -0.2) is 47.8 Å². The predicted octanol–water partition coefficient (Wildman–Crippen LogP) is 3.18. The molecule has 1 aliphatic heterocycles. The lowest BCUT2D eigenvalue weighted by molar-refractivity contribution is -0.125. The lowest BCUT2D eigenvalue weighted by atomic mass is 9.97. The molecule has 0 bridgehead atoms. The Balaban J connectivity index is 1.27. The van der Waals surface area contributed by atoms with Gasteiger partial charge in [0.2, 0.25) is 11.8 Å². The van der Waals surface area contributed by atoms with E-state index >= 15 is 0 Å². The fourth-order valence-corrected chi connectivity index (χ4v) is 4.40. The maximum absolute atomic E-state index is 12.7. The number of rotatable bonds is 7. The number of ether oxygens (including phenoxy) is 1. The SMILES string of the molecule is COc1ccc(N2CCC[C@H](C(=O)NCCc3nc(-c4ccccc4)cs3)C2)nn1. The van der Waals surface area contributed by atoms with E-state index in [2.05, 4.69) is 42.9 Å². The van der Waals surface area contributed by atoms with Crippen LogP contribution in [0.4, 0.5) is 5.82 Å². The second kappa shape index (κ2) is 9.67. The van der Waals surface area contributed by atoms with Gasteiger partial charge in [0.15, 0.2) is 5.82 Å². The molecule has 156 valence electrons. The Hall–Kier alpha value is -3.00. The van der Waals surface area contributed by atoms with Crippen molar-refractivity contribution in [2.24, 2.45) is 5.92 Å². The average molecular weight is 424 g/mol. The summed E-state index contributed by atoms with van der Waals surface area (Å²) >= 11 is 1.64. The van der Waals surface area contributed by atoms with Gasteiger partial charge in [-0.05, 0) is 18.9 Å². The molecule has 0 spiro atoms. The molecule has 7 nitrogen and oxygen atoms in total. The maximum atomic E-state index is 12.7. The van der Waals surface area contributed by atoms with Crippen molar-refractivity contribution in [2.75, 3.05) is 31.6 Å². The molecule has 3 heterocycles. The van der Waals surface area contributed by atoms with Crippen LogP contribution in [0.1, 0.15) is 17.8 Å². The number of amides is 1. The third kappa shape index (κ3) is 4.94. The van der Waals surface area contributed by atoms with Gasteiger partial charge in [-0.15, -0.1) is 21.5 Å². The molecule has 0 unspecified atom stereocenters. The first-order chi connectivity index (χ1) is 14.7. The number of benzene rings is 1. The molecule has 0 saturated carbocycles. The summed E-state index contributed by atoms with van der Waals surface area (Å²) in [5.41, 5.74) is 2.11. The largest absolute Gasteiger partial charge is 0.480 e. The molecule has 1 N–H and O–H groups in total. The van der Waals surface area contributed by atoms with Crippen molar-refractivity contribution < 1.29 is 9.53 Å². The van der Waals surface area contributed by atoms with Crippen molar-refractivity contribution in [3.8, 4) is 17.1 Å². The Morgan fingerprint density at radius 3 is 2.87 bits per heavy atom. The smallest absolute Gasteiger partial charge is 0.233 e. The molecule has 4 rings (SSSR count). The number of aromatic nitrogens is 3. The molecule has 0 radical (unpaired) electrons. The van der Waals surface area contributed by atoms with Crippen molar-refractivity contribution in [2.45, 2.75) is 19.3 Å². The minimum atomic E-state index is -0.0428. The summed E-state index contributed by atoms with van der Waals surface area (Å²) in [5, 5.41) is 14.4. The highest BCUT2D eigenvalue weighted by atomic mass is 32.1. The highest BCUT2D eigenvalue weighted by Gasteiger charge is 2.26. The summed E-state index contributed by atoms with van der Waals surface area (Å²) in [6.07, 6.45) is 2.59. The summed E-state index contributed by atoms with van der Waals surface area (Å²) in [6.45, 7) is 2.13. The topological polar surface area (TPSA) is 80.2 Å². The van der Waals surface area contributed by atoms with Crippen LogP contribution in [0.2, 0.25) is 0 Å². The van der Waals surface area contributed by atoms with Crippen molar-refractivity contribution in [1.82, 2.24) is 20.5 Å². The summed E-state index contributed by atoms with van der Waals surface area (Å²) < 4.78 is 5.06. The van der Waals surface area contributed by atoms with Gasteiger partial charge >= 0.3 is 0 Å². The van der Waals surface area contributed by atoms with Gasteiger partial charge < -0.3 is 15.0 Å². The van der Waals surface area contributed by atoms with Crippen molar-refractivity contribution in [3.63, 3.8) is 0 Å². The van der Waals surface area contributed by atoms with E-state index in [1.54, 1.807) is 24.5 Å². The molecule has 3 aromatic rings. The zero-order valence-electron chi connectivity index (χ0n) is 17.0. The van der Waals surface area contributed by atoms with E-state index in [0.29, 0.717) is 19.0 Å². The van der Waals surface area contributed by atoms with Gasteiger partial charge in [0.05, 0.1) is 23.7 Å². The number of piperidine rings is 1. The lowest BCUT2D eigenvalue weighted by Crippen LogP contribution is -2.43. The molecular weight excluding hydrogens is 398 g/mol. The number of carbonyl (C=O) groups is 1. The number of hydrogen-bond acceptors (Lipinski definition) is 7. The van der Waals surface area contributed by atoms with Crippen LogP contribution in [-0.2, 0) is 11.2 Å². The molecule has 1 saturated heterocycles. The number of carbonyl (C=O) groups excluding carboxylic acids is 1. The van der Waals surface area contributed by atoms with Crippen LogP contribution >= 0.6 is 11.3 Å². The van der Waals surface area contributed by atoms with Gasteiger partial charge in [0.1, 0.15) is 0 Å². The first-order valence-corrected chi connectivity index (χ1v) is 11.0. The third-order valence-corrected chi connectivity index (χ3v) is 6.12. The number of nitrogens with zero attached hydrogens (tertiary/aromatic N) is 4. The van der Waals surface area contributed by atoms with Crippen LogP contribution in [0.3, 0.4) is 0 Å². The Kier molecular flexibility index (Phi) is 6.53. The minimum Gasteiger partial charge on any atom is -0.480 e. The van der Waals surface area contributed by atoms with E-state index in [9.17, 15) is 4.79 Å². The van der Waals surface area contributed by atoms with Crippen LogP contribution in [0.25, 0.3) is 11.3 Å². The van der Waals surface area contributed by atoms with Crippen molar-refractivity contribution in [3.05, 3.63) is 52.9 Å². The van der Waals surface area contributed by atoms with Gasteiger partial charge in [-0.2, -0.15) is 0 Å². The fourth-order valence-electron chi connectivity index (χ4n) is 3.59. The molecular formula is C22H25N5O2S. The average Bonchev–Trinajstić information content (AvgIpc) is 3.29. The van der Waals surface area contributed by atoms with Crippen molar-refractivity contribution >= 4 is 23.1 Å². The van der Waals surface area contributed by atoms with E-state index in [-0.39, 0.29) is 11.8 Å².